The van der Waals surface area contributed by atoms with Crippen LogP contribution in [0.15, 0.2) is 0 Å². The lowest BCUT2D eigenvalue weighted by molar-refractivity contribution is 0.388. The van der Waals surface area contributed by atoms with Crippen LogP contribution in [0.4, 0.5) is 0 Å². The lowest BCUT2D eigenvalue weighted by Gasteiger charge is -2.25. The van der Waals surface area contributed by atoms with Crippen molar-refractivity contribution in [3.63, 3.8) is 0 Å². The molecule has 0 amide bonds. The summed E-state index contributed by atoms with van der Waals surface area (Å²) in [5.74, 6) is -0.671. The second-order valence-electron chi connectivity index (χ2n) is 5.14. The van der Waals surface area contributed by atoms with Crippen LogP contribution in [0.1, 0.15) is 12.8 Å². The van der Waals surface area contributed by atoms with Crippen LogP contribution in [-0.4, -0.2) is 70.9 Å². The number of nitrogens with zero attached hydrogens (tertiary/aromatic N) is 1. The van der Waals surface area contributed by atoms with Crippen molar-refractivity contribution in [1.82, 2.24) is 4.31 Å². The molecule has 0 aromatic carbocycles. The summed E-state index contributed by atoms with van der Waals surface area (Å²) in [6.07, 6.45) is 0.367. The van der Waals surface area contributed by atoms with E-state index in [1.165, 1.54) is 7.05 Å². The van der Waals surface area contributed by atoms with Crippen LogP contribution in [0.5, 0.6) is 0 Å². The van der Waals surface area contributed by atoms with E-state index >= 15 is 0 Å². The normalized spacial score (nSPS) is 33.8. The Morgan fingerprint density at radius 1 is 0.947 bits per heavy atom. The summed E-state index contributed by atoms with van der Waals surface area (Å²) in [5.41, 5.74) is 0. The van der Waals surface area contributed by atoms with Gasteiger partial charge in [-0.3, -0.25) is 0 Å². The van der Waals surface area contributed by atoms with Gasteiger partial charge >= 0.3 is 0 Å². The van der Waals surface area contributed by atoms with Gasteiger partial charge in [0, 0.05) is 13.1 Å². The number of hydrogen-bond acceptors (Lipinski definition) is 6. The molecule has 0 unspecified atom stereocenters. The van der Waals surface area contributed by atoms with Crippen molar-refractivity contribution < 1.29 is 25.3 Å². The molecule has 2 rings (SSSR count). The molecule has 2 aliphatic heterocycles. The van der Waals surface area contributed by atoms with E-state index in [0.29, 0.717) is 0 Å². The Labute approximate surface area is 113 Å². The van der Waals surface area contributed by atoms with Crippen LogP contribution in [0.25, 0.3) is 0 Å². The second kappa shape index (κ2) is 4.68. The zero-order valence-electron chi connectivity index (χ0n) is 10.5. The Hall–Kier alpha value is -0.190. The van der Waals surface area contributed by atoms with Gasteiger partial charge in [-0.15, -0.1) is 0 Å². The Kier molecular flexibility index (Phi) is 3.74. The minimum absolute atomic E-state index is 0.0134. The standard InChI is InChI=1S/C9H17NO6S3/c1-10(8-2-4-17(11,12)6-8)19(15,16)9-3-5-18(13,14)7-9/h8-9H,2-7H2,1H3/t8-,9-/m1/s1. The van der Waals surface area contributed by atoms with Crippen LogP contribution in [0.3, 0.4) is 0 Å². The van der Waals surface area contributed by atoms with Gasteiger partial charge in [0.15, 0.2) is 19.7 Å². The van der Waals surface area contributed by atoms with E-state index in [2.05, 4.69) is 0 Å². The van der Waals surface area contributed by atoms with Gasteiger partial charge in [0.2, 0.25) is 10.0 Å². The van der Waals surface area contributed by atoms with Gasteiger partial charge in [-0.25, -0.2) is 29.6 Å². The SMILES string of the molecule is CN([C@@H]1CCS(=O)(=O)C1)S(=O)(=O)[C@@H]1CCS(=O)(=O)C1. The van der Waals surface area contributed by atoms with E-state index in [4.69, 9.17) is 0 Å². The lowest BCUT2D eigenvalue weighted by atomic mass is 10.3. The summed E-state index contributed by atoms with van der Waals surface area (Å²) in [6, 6.07) is -0.571. The predicted octanol–water partition coefficient (Wildman–Crippen LogP) is -1.38. The Morgan fingerprint density at radius 3 is 1.89 bits per heavy atom. The van der Waals surface area contributed by atoms with E-state index in [9.17, 15) is 25.3 Å². The monoisotopic (exact) mass is 331 g/mol. The summed E-state index contributed by atoms with van der Waals surface area (Å²) < 4.78 is 71.1. The highest BCUT2D eigenvalue weighted by Gasteiger charge is 2.43. The summed E-state index contributed by atoms with van der Waals surface area (Å²) in [4.78, 5) is 0. The molecule has 2 aliphatic rings. The molecule has 2 heterocycles. The van der Waals surface area contributed by atoms with Crippen molar-refractivity contribution in [1.29, 1.82) is 0 Å². The highest BCUT2D eigenvalue weighted by molar-refractivity contribution is 7.95. The van der Waals surface area contributed by atoms with Gasteiger partial charge in [-0.2, -0.15) is 0 Å². The maximum Gasteiger partial charge on any atom is 0.218 e. The minimum Gasteiger partial charge on any atom is -0.229 e. The Balaban J connectivity index is 2.17. The molecule has 0 aromatic heterocycles. The van der Waals surface area contributed by atoms with Gasteiger partial charge < -0.3 is 0 Å². The van der Waals surface area contributed by atoms with E-state index < -0.39 is 41.0 Å². The largest absolute Gasteiger partial charge is 0.229 e. The molecule has 0 aromatic rings. The number of hydrogen-bond donors (Lipinski definition) is 0. The van der Waals surface area contributed by atoms with Crippen LogP contribution < -0.4 is 0 Å². The highest BCUT2D eigenvalue weighted by Crippen LogP contribution is 2.26. The number of rotatable bonds is 3. The average molecular weight is 331 g/mol. The molecule has 0 aliphatic carbocycles. The molecule has 112 valence electrons. The van der Waals surface area contributed by atoms with Crippen LogP contribution in [0.2, 0.25) is 0 Å². The number of sulfonamides is 1. The summed E-state index contributed by atoms with van der Waals surface area (Å²) in [7, 11) is -8.87. The number of sulfone groups is 2. The van der Waals surface area contributed by atoms with Gasteiger partial charge in [-0.1, -0.05) is 0 Å². The first-order valence-electron chi connectivity index (χ1n) is 5.91. The second-order valence-corrected chi connectivity index (χ2v) is 11.9. The van der Waals surface area contributed by atoms with Gasteiger partial charge in [-0.05, 0) is 12.8 Å². The molecule has 2 atom stereocenters. The van der Waals surface area contributed by atoms with E-state index in [1.807, 2.05) is 0 Å². The van der Waals surface area contributed by atoms with E-state index in [1.54, 1.807) is 0 Å². The quantitative estimate of drug-likeness (QED) is 0.631. The first kappa shape index (κ1) is 15.2. The van der Waals surface area contributed by atoms with Crippen molar-refractivity contribution in [2.24, 2.45) is 0 Å². The fraction of sp³-hybridized carbons (Fsp3) is 1.00. The minimum atomic E-state index is -3.75. The molecule has 0 N–H and O–H groups in total. The molecule has 19 heavy (non-hydrogen) atoms. The third kappa shape index (κ3) is 3.11. The molecule has 2 saturated heterocycles. The smallest absolute Gasteiger partial charge is 0.218 e. The molecule has 0 bridgehead atoms. The van der Waals surface area contributed by atoms with E-state index in [0.717, 1.165) is 4.31 Å². The average Bonchev–Trinajstić information content (AvgIpc) is 2.80. The maximum atomic E-state index is 12.3. The molecule has 2 fully saturated rings. The summed E-state index contributed by atoms with van der Waals surface area (Å²) >= 11 is 0. The molecular weight excluding hydrogens is 314 g/mol. The molecule has 0 saturated carbocycles. The van der Waals surface area contributed by atoms with Crippen LogP contribution in [0, 0.1) is 0 Å². The summed E-state index contributed by atoms with van der Waals surface area (Å²) in [6.45, 7) is 0. The van der Waals surface area contributed by atoms with Gasteiger partial charge in [0.05, 0.1) is 28.3 Å². The van der Waals surface area contributed by atoms with Gasteiger partial charge in [0.25, 0.3) is 0 Å². The van der Waals surface area contributed by atoms with Crippen LogP contribution >= 0.6 is 0 Å². The fourth-order valence-corrected chi connectivity index (χ4v) is 8.85. The van der Waals surface area contributed by atoms with Crippen molar-refractivity contribution in [3.8, 4) is 0 Å². The first-order valence-corrected chi connectivity index (χ1v) is 11.1. The van der Waals surface area contributed by atoms with Crippen LogP contribution in [-0.2, 0) is 29.7 Å². The Morgan fingerprint density at radius 2 is 1.47 bits per heavy atom. The molecular formula is C9H17NO6S3. The van der Waals surface area contributed by atoms with Gasteiger partial charge in [0.1, 0.15) is 0 Å². The van der Waals surface area contributed by atoms with Crippen molar-refractivity contribution in [2.75, 3.05) is 30.1 Å². The molecule has 7 nitrogen and oxygen atoms in total. The van der Waals surface area contributed by atoms with Crippen molar-refractivity contribution >= 4 is 29.7 Å². The summed E-state index contributed by atoms with van der Waals surface area (Å²) in [5, 5.41) is -0.939. The zero-order valence-corrected chi connectivity index (χ0v) is 13.0. The third-order valence-corrected chi connectivity index (χ3v) is 9.81. The predicted molar refractivity (Wildman–Crippen MR) is 70.8 cm³/mol. The van der Waals surface area contributed by atoms with Crippen molar-refractivity contribution in [2.45, 2.75) is 24.1 Å². The Bertz CT molecular complexity index is 663. The zero-order chi connectivity index (χ0) is 14.5. The third-order valence-electron chi connectivity index (χ3n) is 3.74. The lowest BCUT2D eigenvalue weighted by Crippen LogP contribution is -2.43. The topological polar surface area (TPSA) is 106 Å². The molecule has 0 radical (unpaired) electrons. The fourth-order valence-electron chi connectivity index (χ4n) is 2.50. The molecule has 10 heteroatoms. The first-order chi connectivity index (χ1) is 8.54. The van der Waals surface area contributed by atoms with E-state index in [-0.39, 0.29) is 35.9 Å². The highest BCUT2D eigenvalue weighted by atomic mass is 32.2. The van der Waals surface area contributed by atoms with Crippen molar-refractivity contribution in [3.05, 3.63) is 0 Å². The maximum absolute atomic E-state index is 12.3. The molecule has 0 spiro atoms.